The molecule has 0 aromatic carbocycles. The van der Waals surface area contributed by atoms with Crippen LogP contribution in [0.25, 0.3) is 0 Å². The maximum absolute atomic E-state index is 11.9. The summed E-state index contributed by atoms with van der Waals surface area (Å²) in [5.74, 6) is 0.877. The summed E-state index contributed by atoms with van der Waals surface area (Å²) in [5.41, 5.74) is -0.106. The molecule has 3 heteroatoms. The van der Waals surface area contributed by atoms with E-state index >= 15 is 0 Å². The van der Waals surface area contributed by atoms with E-state index in [0.29, 0.717) is 0 Å². The van der Waals surface area contributed by atoms with E-state index in [2.05, 4.69) is 45.3 Å². The van der Waals surface area contributed by atoms with Gasteiger partial charge in [0, 0.05) is 5.54 Å². The number of rotatable bonds is 9. The number of hydrogen-bond acceptors (Lipinski definition) is 2. The van der Waals surface area contributed by atoms with E-state index in [1.807, 2.05) is 6.92 Å². The van der Waals surface area contributed by atoms with Crippen molar-refractivity contribution in [3.8, 4) is 0 Å². The SMILES string of the molecule is CCC(C)(C)NC(=O)C(C)NCCCCC(C)C. The molecule has 108 valence electrons. The Hall–Kier alpha value is -0.570. The van der Waals surface area contributed by atoms with Crippen molar-refractivity contribution in [3.05, 3.63) is 0 Å². The second kappa shape index (κ2) is 8.52. The van der Waals surface area contributed by atoms with Gasteiger partial charge in [0.05, 0.1) is 6.04 Å². The third-order valence-electron chi connectivity index (χ3n) is 3.40. The highest BCUT2D eigenvalue weighted by Crippen LogP contribution is 2.07. The van der Waals surface area contributed by atoms with Crippen molar-refractivity contribution < 1.29 is 4.79 Å². The van der Waals surface area contributed by atoms with E-state index in [1.165, 1.54) is 12.8 Å². The second-order valence-electron chi connectivity index (χ2n) is 6.29. The van der Waals surface area contributed by atoms with Crippen LogP contribution >= 0.6 is 0 Å². The van der Waals surface area contributed by atoms with Crippen molar-refractivity contribution >= 4 is 5.91 Å². The Morgan fingerprint density at radius 1 is 1.17 bits per heavy atom. The van der Waals surface area contributed by atoms with Crippen LogP contribution < -0.4 is 10.6 Å². The lowest BCUT2D eigenvalue weighted by atomic mass is 10.0. The van der Waals surface area contributed by atoms with Crippen molar-refractivity contribution in [3.63, 3.8) is 0 Å². The zero-order chi connectivity index (χ0) is 14.2. The molecule has 3 nitrogen and oxygen atoms in total. The Labute approximate surface area is 113 Å². The number of carbonyl (C=O) groups is 1. The summed E-state index contributed by atoms with van der Waals surface area (Å²) in [6.07, 6.45) is 4.59. The van der Waals surface area contributed by atoms with Crippen molar-refractivity contribution in [1.29, 1.82) is 0 Å². The van der Waals surface area contributed by atoms with Gasteiger partial charge in [-0.2, -0.15) is 0 Å². The minimum atomic E-state index is -0.106. The number of nitrogens with one attached hydrogen (secondary N) is 2. The summed E-state index contributed by atoms with van der Waals surface area (Å²) >= 11 is 0. The Balaban J connectivity index is 3.75. The number of hydrogen-bond donors (Lipinski definition) is 2. The summed E-state index contributed by atoms with van der Waals surface area (Å²) in [7, 11) is 0. The number of amides is 1. The molecule has 18 heavy (non-hydrogen) atoms. The number of carbonyl (C=O) groups excluding carboxylic acids is 1. The fraction of sp³-hybridized carbons (Fsp3) is 0.933. The molecular formula is C15H32N2O. The first kappa shape index (κ1) is 17.4. The first-order valence-corrected chi connectivity index (χ1v) is 7.34. The van der Waals surface area contributed by atoms with Gasteiger partial charge in [0.15, 0.2) is 0 Å². The van der Waals surface area contributed by atoms with Gasteiger partial charge in [-0.1, -0.05) is 33.6 Å². The summed E-state index contributed by atoms with van der Waals surface area (Å²) in [4.78, 5) is 11.9. The molecule has 0 aliphatic carbocycles. The third-order valence-corrected chi connectivity index (χ3v) is 3.40. The molecule has 0 heterocycles. The molecule has 0 rings (SSSR count). The predicted octanol–water partition coefficient (Wildman–Crippen LogP) is 3.10. The Kier molecular flexibility index (Phi) is 8.25. The molecule has 0 saturated heterocycles. The van der Waals surface area contributed by atoms with Gasteiger partial charge in [-0.15, -0.1) is 0 Å². The third kappa shape index (κ3) is 8.51. The van der Waals surface area contributed by atoms with E-state index in [-0.39, 0.29) is 17.5 Å². The second-order valence-corrected chi connectivity index (χ2v) is 6.29. The Bertz CT molecular complexity index is 237. The minimum absolute atomic E-state index is 0.102. The van der Waals surface area contributed by atoms with Crippen LogP contribution in [-0.4, -0.2) is 24.0 Å². The highest BCUT2D eigenvalue weighted by molar-refractivity contribution is 5.81. The lowest BCUT2D eigenvalue weighted by Crippen LogP contribution is -2.50. The molecular weight excluding hydrogens is 224 g/mol. The van der Waals surface area contributed by atoms with Gasteiger partial charge in [-0.3, -0.25) is 4.79 Å². The normalized spacial score (nSPS) is 13.7. The average Bonchev–Trinajstić information content (AvgIpc) is 2.27. The minimum Gasteiger partial charge on any atom is -0.350 e. The highest BCUT2D eigenvalue weighted by Gasteiger charge is 2.21. The quantitative estimate of drug-likeness (QED) is 0.622. The molecule has 2 N–H and O–H groups in total. The average molecular weight is 256 g/mol. The topological polar surface area (TPSA) is 41.1 Å². The Morgan fingerprint density at radius 2 is 1.78 bits per heavy atom. The van der Waals surface area contributed by atoms with E-state index < -0.39 is 0 Å². The molecule has 0 fully saturated rings. The zero-order valence-electron chi connectivity index (χ0n) is 13.1. The van der Waals surface area contributed by atoms with E-state index in [9.17, 15) is 4.79 Å². The monoisotopic (exact) mass is 256 g/mol. The van der Waals surface area contributed by atoms with Crippen molar-refractivity contribution in [2.45, 2.75) is 78.8 Å². The van der Waals surface area contributed by atoms with Crippen LogP contribution in [0.2, 0.25) is 0 Å². The van der Waals surface area contributed by atoms with Crippen LogP contribution in [0.5, 0.6) is 0 Å². The van der Waals surface area contributed by atoms with Crippen molar-refractivity contribution in [2.75, 3.05) is 6.54 Å². The molecule has 0 aliphatic rings. The zero-order valence-corrected chi connectivity index (χ0v) is 13.1. The molecule has 1 unspecified atom stereocenters. The molecule has 1 atom stereocenters. The van der Waals surface area contributed by atoms with Crippen molar-refractivity contribution in [1.82, 2.24) is 10.6 Å². The van der Waals surface area contributed by atoms with Crippen LogP contribution in [0.4, 0.5) is 0 Å². The fourth-order valence-corrected chi connectivity index (χ4v) is 1.62. The van der Waals surface area contributed by atoms with Crippen LogP contribution in [-0.2, 0) is 4.79 Å². The summed E-state index contributed by atoms with van der Waals surface area (Å²) < 4.78 is 0. The lowest BCUT2D eigenvalue weighted by molar-refractivity contribution is -0.124. The van der Waals surface area contributed by atoms with Gasteiger partial charge in [-0.25, -0.2) is 0 Å². The maximum atomic E-state index is 11.9. The molecule has 0 spiro atoms. The summed E-state index contributed by atoms with van der Waals surface area (Å²) in [6.45, 7) is 13.6. The molecule has 0 aromatic heterocycles. The van der Waals surface area contributed by atoms with Crippen LogP contribution in [0.1, 0.15) is 67.2 Å². The van der Waals surface area contributed by atoms with Crippen LogP contribution in [0, 0.1) is 5.92 Å². The van der Waals surface area contributed by atoms with E-state index in [4.69, 9.17) is 0 Å². The van der Waals surface area contributed by atoms with E-state index in [1.54, 1.807) is 0 Å². The molecule has 0 aliphatic heterocycles. The number of unbranched alkanes of at least 4 members (excludes halogenated alkanes) is 1. The van der Waals surface area contributed by atoms with Crippen LogP contribution in [0.3, 0.4) is 0 Å². The predicted molar refractivity (Wildman–Crippen MR) is 78.7 cm³/mol. The van der Waals surface area contributed by atoms with Gasteiger partial charge in [-0.05, 0) is 46.1 Å². The van der Waals surface area contributed by atoms with Crippen LogP contribution in [0.15, 0.2) is 0 Å². The molecule has 0 aromatic rings. The summed E-state index contributed by atoms with van der Waals surface area (Å²) in [6, 6.07) is -0.102. The smallest absolute Gasteiger partial charge is 0.237 e. The van der Waals surface area contributed by atoms with Gasteiger partial charge >= 0.3 is 0 Å². The molecule has 0 radical (unpaired) electrons. The first-order chi connectivity index (χ1) is 8.28. The molecule has 0 saturated carbocycles. The standard InChI is InChI=1S/C15H32N2O/c1-7-15(5,6)17-14(18)13(4)16-11-9-8-10-12(2)3/h12-13,16H,7-11H2,1-6H3,(H,17,18). The van der Waals surface area contributed by atoms with E-state index in [0.717, 1.165) is 25.3 Å². The maximum Gasteiger partial charge on any atom is 0.237 e. The van der Waals surface area contributed by atoms with Gasteiger partial charge in [0.1, 0.15) is 0 Å². The molecule has 0 bridgehead atoms. The van der Waals surface area contributed by atoms with Crippen molar-refractivity contribution in [2.24, 2.45) is 5.92 Å². The lowest BCUT2D eigenvalue weighted by Gasteiger charge is -2.26. The van der Waals surface area contributed by atoms with Gasteiger partial charge in [0.25, 0.3) is 0 Å². The van der Waals surface area contributed by atoms with Gasteiger partial charge in [0.2, 0.25) is 5.91 Å². The molecule has 1 amide bonds. The highest BCUT2D eigenvalue weighted by atomic mass is 16.2. The Morgan fingerprint density at radius 3 is 2.28 bits per heavy atom. The first-order valence-electron chi connectivity index (χ1n) is 7.34. The largest absolute Gasteiger partial charge is 0.350 e. The fourth-order valence-electron chi connectivity index (χ4n) is 1.62. The van der Waals surface area contributed by atoms with Gasteiger partial charge < -0.3 is 10.6 Å². The summed E-state index contributed by atoms with van der Waals surface area (Å²) in [5, 5.41) is 6.35.